The molecular formula is C24H36O6. The van der Waals surface area contributed by atoms with Crippen LogP contribution in [0, 0.1) is 22.7 Å². The molecule has 3 rings (SSSR count). The molecule has 1 spiro atoms. The standard InChI is InChI=1S/C24H36O6/c1-8-14(2)9-10-23(5)15(3)11-20(27-6)24-18(12-17(26)13-19(23)24)21(28-7)30-22(24)29-16(4)25/h8,12,15,17,19-22,26H,1-2,9-11,13H2,3-7H3/t15-,17+,19+,20+,21+,22+,23-,24-/m1/s1. The van der Waals surface area contributed by atoms with Crippen LogP contribution >= 0.6 is 0 Å². The summed E-state index contributed by atoms with van der Waals surface area (Å²) >= 11 is 0. The van der Waals surface area contributed by atoms with Gasteiger partial charge in [-0.15, -0.1) is 0 Å². The molecule has 2 aliphatic carbocycles. The number of aliphatic hydroxyl groups is 1. The molecule has 0 aromatic rings. The summed E-state index contributed by atoms with van der Waals surface area (Å²) in [6.07, 6.45) is 4.27. The van der Waals surface area contributed by atoms with Gasteiger partial charge >= 0.3 is 5.97 Å². The predicted molar refractivity (Wildman–Crippen MR) is 113 cm³/mol. The highest BCUT2D eigenvalue weighted by atomic mass is 16.8. The number of aliphatic hydroxyl groups excluding tert-OH is 1. The molecule has 1 heterocycles. The molecule has 0 aromatic heterocycles. The van der Waals surface area contributed by atoms with Crippen LogP contribution < -0.4 is 0 Å². The minimum atomic E-state index is -0.830. The molecule has 0 bridgehead atoms. The number of hydrogen-bond donors (Lipinski definition) is 1. The van der Waals surface area contributed by atoms with Crippen LogP contribution in [0.4, 0.5) is 0 Å². The maximum absolute atomic E-state index is 12.0. The zero-order chi connectivity index (χ0) is 22.3. The average Bonchev–Trinajstić information content (AvgIpc) is 3.01. The monoisotopic (exact) mass is 420 g/mol. The highest BCUT2D eigenvalue weighted by molar-refractivity contribution is 5.66. The third-order valence-electron chi connectivity index (χ3n) is 7.88. The number of ether oxygens (including phenoxy) is 4. The van der Waals surface area contributed by atoms with E-state index in [0.717, 1.165) is 30.4 Å². The van der Waals surface area contributed by atoms with Crippen LogP contribution in [-0.2, 0) is 23.7 Å². The van der Waals surface area contributed by atoms with E-state index in [1.165, 1.54) is 6.92 Å². The summed E-state index contributed by atoms with van der Waals surface area (Å²) in [4.78, 5) is 12.0. The number of carbonyl (C=O) groups excluding carboxylic acids is 1. The number of allylic oxidation sites excluding steroid dienone is 2. The van der Waals surface area contributed by atoms with E-state index in [1.807, 2.05) is 6.08 Å². The highest BCUT2D eigenvalue weighted by Gasteiger charge is 2.71. The van der Waals surface area contributed by atoms with Gasteiger partial charge in [-0.05, 0) is 48.5 Å². The first-order chi connectivity index (χ1) is 14.1. The van der Waals surface area contributed by atoms with Crippen LogP contribution in [0.2, 0.25) is 0 Å². The first-order valence-corrected chi connectivity index (χ1v) is 10.7. The number of methoxy groups -OCH3 is 2. The van der Waals surface area contributed by atoms with Gasteiger partial charge in [0.05, 0.1) is 17.6 Å². The lowest BCUT2D eigenvalue weighted by Crippen LogP contribution is -2.63. The molecule has 30 heavy (non-hydrogen) atoms. The average molecular weight is 421 g/mol. The molecule has 1 aliphatic heterocycles. The second-order valence-corrected chi connectivity index (χ2v) is 9.29. The second-order valence-electron chi connectivity index (χ2n) is 9.29. The van der Waals surface area contributed by atoms with Gasteiger partial charge in [0, 0.05) is 21.1 Å². The summed E-state index contributed by atoms with van der Waals surface area (Å²) in [7, 11) is 3.25. The zero-order valence-electron chi connectivity index (χ0n) is 18.8. The van der Waals surface area contributed by atoms with E-state index < -0.39 is 30.1 Å². The van der Waals surface area contributed by atoms with Crippen molar-refractivity contribution in [2.75, 3.05) is 14.2 Å². The van der Waals surface area contributed by atoms with Gasteiger partial charge in [-0.2, -0.15) is 0 Å². The Balaban J connectivity index is 2.16. The van der Waals surface area contributed by atoms with Crippen molar-refractivity contribution in [2.24, 2.45) is 22.7 Å². The van der Waals surface area contributed by atoms with Gasteiger partial charge in [0.2, 0.25) is 6.29 Å². The fourth-order valence-corrected chi connectivity index (χ4v) is 6.15. The Morgan fingerprint density at radius 2 is 2.07 bits per heavy atom. The number of carbonyl (C=O) groups is 1. The maximum Gasteiger partial charge on any atom is 0.304 e. The van der Waals surface area contributed by atoms with Crippen LogP contribution in [-0.4, -0.2) is 50.1 Å². The van der Waals surface area contributed by atoms with Crippen LogP contribution in [0.3, 0.4) is 0 Å². The van der Waals surface area contributed by atoms with Crippen molar-refractivity contribution >= 4 is 5.97 Å². The van der Waals surface area contributed by atoms with Crippen LogP contribution in [0.5, 0.6) is 0 Å². The number of rotatable bonds is 7. The zero-order valence-corrected chi connectivity index (χ0v) is 18.8. The van der Waals surface area contributed by atoms with Crippen molar-refractivity contribution < 1.29 is 28.8 Å². The van der Waals surface area contributed by atoms with Gasteiger partial charge < -0.3 is 24.1 Å². The van der Waals surface area contributed by atoms with Crippen molar-refractivity contribution in [3.63, 3.8) is 0 Å². The Hall–Kier alpha value is -1.47. The molecule has 0 aromatic carbocycles. The summed E-state index contributed by atoms with van der Waals surface area (Å²) in [6, 6.07) is 0. The summed E-state index contributed by atoms with van der Waals surface area (Å²) in [5.41, 5.74) is 0.947. The van der Waals surface area contributed by atoms with E-state index in [1.54, 1.807) is 20.3 Å². The molecule has 8 atom stereocenters. The first kappa shape index (κ1) is 23.2. The Morgan fingerprint density at radius 1 is 1.37 bits per heavy atom. The second kappa shape index (κ2) is 8.58. The van der Waals surface area contributed by atoms with Gasteiger partial charge in [-0.1, -0.05) is 44.7 Å². The summed E-state index contributed by atoms with van der Waals surface area (Å²) < 4.78 is 23.5. The molecule has 0 unspecified atom stereocenters. The van der Waals surface area contributed by atoms with Crippen molar-refractivity contribution in [1.82, 2.24) is 0 Å². The summed E-state index contributed by atoms with van der Waals surface area (Å²) in [5, 5.41) is 10.8. The Kier molecular flexibility index (Phi) is 6.63. The fourth-order valence-electron chi connectivity index (χ4n) is 6.15. The van der Waals surface area contributed by atoms with Gasteiger partial charge in [0.15, 0.2) is 6.29 Å². The normalized spacial score (nSPS) is 42.7. The van der Waals surface area contributed by atoms with E-state index in [2.05, 4.69) is 27.0 Å². The van der Waals surface area contributed by atoms with Crippen molar-refractivity contribution in [2.45, 2.75) is 71.2 Å². The minimum Gasteiger partial charge on any atom is -0.435 e. The quantitative estimate of drug-likeness (QED) is 0.384. The third-order valence-corrected chi connectivity index (χ3v) is 7.88. The molecule has 0 radical (unpaired) electrons. The van der Waals surface area contributed by atoms with E-state index >= 15 is 0 Å². The van der Waals surface area contributed by atoms with E-state index in [4.69, 9.17) is 18.9 Å². The largest absolute Gasteiger partial charge is 0.435 e. The molecular weight excluding hydrogens is 384 g/mol. The lowest BCUT2D eigenvalue weighted by molar-refractivity contribution is -0.257. The summed E-state index contributed by atoms with van der Waals surface area (Å²) in [5.74, 6) is -0.122. The molecule has 0 amide bonds. The maximum atomic E-state index is 12.0. The van der Waals surface area contributed by atoms with E-state index in [0.29, 0.717) is 12.3 Å². The molecule has 3 aliphatic rings. The Morgan fingerprint density at radius 3 is 2.63 bits per heavy atom. The molecule has 1 saturated heterocycles. The molecule has 1 N–H and O–H groups in total. The minimum absolute atomic E-state index is 0.0317. The SMILES string of the molecule is C=CC(=C)CC[C@]1(C)[C@H](C)C[C@H](OC)[C@@]23C(=C[C@H](O)C[C@@H]12)[C@@H](OC)O[C@@H]3OC(C)=O. The van der Waals surface area contributed by atoms with Crippen molar-refractivity contribution in [1.29, 1.82) is 0 Å². The summed E-state index contributed by atoms with van der Waals surface area (Å²) in [6.45, 7) is 13.8. The highest BCUT2D eigenvalue weighted by Crippen LogP contribution is 2.67. The molecule has 6 heteroatoms. The molecule has 168 valence electrons. The van der Waals surface area contributed by atoms with Crippen LogP contribution in [0.15, 0.2) is 36.5 Å². The predicted octanol–water partition coefficient (Wildman–Crippen LogP) is 3.76. The lowest BCUT2D eigenvalue weighted by atomic mass is 9.45. The van der Waals surface area contributed by atoms with Crippen molar-refractivity contribution in [3.05, 3.63) is 36.5 Å². The van der Waals surface area contributed by atoms with Gasteiger partial charge in [0.1, 0.15) is 0 Å². The Bertz CT molecular complexity index is 729. The lowest BCUT2D eigenvalue weighted by Gasteiger charge is -2.61. The van der Waals surface area contributed by atoms with Crippen LogP contribution in [0.1, 0.15) is 46.5 Å². The number of hydrogen-bond acceptors (Lipinski definition) is 6. The molecule has 2 fully saturated rings. The molecule has 1 saturated carbocycles. The first-order valence-electron chi connectivity index (χ1n) is 10.7. The van der Waals surface area contributed by atoms with Crippen molar-refractivity contribution in [3.8, 4) is 0 Å². The van der Waals surface area contributed by atoms with E-state index in [-0.39, 0.29) is 17.4 Å². The topological polar surface area (TPSA) is 74.2 Å². The smallest absolute Gasteiger partial charge is 0.304 e. The Labute approximate surface area is 179 Å². The van der Waals surface area contributed by atoms with E-state index in [9.17, 15) is 9.90 Å². The number of esters is 1. The van der Waals surface area contributed by atoms with Gasteiger partial charge in [-0.25, -0.2) is 0 Å². The van der Waals surface area contributed by atoms with Gasteiger partial charge in [0.25, 0.3) is 0 Å². The van der Waals surface area contributed by atoms with Crippen LogP contribution in [0.25, 0.3) is 0 Å². The third kappa shape index (κ3) is 3.48. The van der Waals surface area contributed by atoms with Gasteiger partial charge in [-0.3, -0.25) is 4.79 Å². The fraction of sp³-hybridized carbons (Fsp3) is 0.708. The molecule has 6 nitrogen and oxygen atoms in total.